The molecule has 27 heavy (non-hydrogen) atoms. The predicted octanol–water partition coefficient (Wildman–Crippen LogP) is 5.19. The van der Waals surface area contributed by atoms with Crippen LogP contribution < -0.4 is 10.1 Å². The second kappa shape index (κ2) is 8.27. The number of hydrogen-bond acceptors (Lipinski definition) is 4. The summed E-state index contributed by atoms with van der Waals surface area (Å²) in [6, 6.07) is 14.7. The van der Waals surface area contributed by atoms with Gasteiger partial charge < -0.3 is 14.6 Å². The standard InChI is InChI=1S/C21H21ClN2O3/c1-4-26-16-11-9-15(10-12-16)13(2)23-21(25)19-14(3)27-24-20(19)17-7-5-6-8-18(17)22/h5-13H,4H2,1-3H3,(H,23,25). The number of benzene rings is 2. The predicted molar refractivity (Wildman–Crippen MR) is 105 cm³/mol. The Morgan fingerprint density at radius 2 is 1.93 bits per heavy atom. The van der Waals surface area contributed by atoms with E-state index in [1.807, 2.05) is 56.3 Å². The lowest BCUT2D eigenvalue weighted by Crippen LogP contribution is -2.27. The Morgan fingerprint density at radius 1 is 1.22 bits per heavy atom. The first-order valence-corrected chi connectivity index (χ1v) is 9.13. The van der Waals surface area contributed by atoms with Crippen molar-refractivity contribution in [2.24, 2.45) is 0 Å². The van der Waals surface area contributed by atoms with Gasteiger partial charge in [-0.05, 0) is 44.5 Å². The molecule has 0 spiro atoms. The van der Waals surface area contributed by atoms with Crippen LogP contribution in [0.1, 0.15) is 41.6 Å². The summed E-state index contributed by atoms with van der Waals surface area (Å²) >= 11 is 6.26. The maximum atomic E-state index is 12.9. The van der Waals surface area contributed by atoms with Gasteiger partial charge in [0.2, 0.25) is 0 Å². The van der Waals surface area contributed by atoms with Crippen LogP contribution in [0, 0.1) is 6.92 Å². The summed E-state index contributed by atoms with van der Waals surface area (Å²) in [6.07, 6.45) is 0. The largest absolute Gasteiger partial charge is 0.494 e. The third kappa shape index (κ3) is 4.14. The number of aromatic nitrogens is 1. The van der Waals surface area contributed by atoms with E-state index in [0.29, 0.717) is 34.2 Å². The van der Waals surface area contributed by atoms with E-state index in [1.165, 1.54) is 0 Å². The molecule has 1 aromatic heterocycles. The van der Waals surface area contributed by atoms with Crippen molar-refractivity contribution in [2.75, 3.05) is 6.61 Å². The second-order valence-electron chi connectivity index (χ2n) is 6.14. The highest BCUT2D eigenvalue weighted by molar-refractivity contribution is 6.33. The number of halogens is 1. The van der Waals surface area contributed by atoms with E-state index in [9.17, 15) is 4.79 Å². The molecule has 1 atom stereocenters. The summed E-state index contributed by atoms with van der Waals surface area (Å²) in [6.45, 7) is 6.19. The summed E-state index contributed by atoms with van der Waals surface area (Å²) in [5.74, 6) is 0.988. The zero-order valence-electron chi connectivity index (χ0n) is 15.5. The Balaban J connectivity index is 1.82. The molecule has 6 heteroatoms. The van der Waals surface area contributed by atoms with Gasteiger partial charge in [0.1, 0.15) is 22.8 Å². The molecule has 3 rings (SSSR count). The average Bonchev–Trinajstić information content (AvgIpc) is 3.04. The van der Waals surface area contributed by atoms with E-state index in [2.05, 4.69) is 10.5 Å². The molecule has 3 aromatic rings. The van der Waals surface area contributed by atoms with Crippen LogP contribution in [0.15, 0.2) is 53.1 Å². The molecule has 1 heterocycles. The molecule has 0 aliphatic carbocycles. The highest BCUT2D eigenvalue weighted by Crippen LogP contribution is 2.31. The minimum Gasteiger partial charge on any atom is -0.494 e. The van der Waals surface area contributed by atoms with Crippen LogP contribution in [-0.2, 0) is 0 Å². The first kappa shape index (κ1) is 19.0. The normalized spacial score (nSPS) is 11.9. The fraction of sp³-hybridized carbons (Fsp3) is 0.238. The lowest BCUT2D eigenvalue weighted by Gasteiger charge is -2.15. The molecule has 140 valence electrons. The van der Waals surface area contributed by atoms with E-state index in [-0.39, 0.29) is 11.9 Å². The van der Waals surface area contributed by atoms with E-state index < -0.39 is 0 Å². The quantitative estimate of drug-likeness (QED) is 0.634. The SMILES string of the molecule is CCOc1ccc(C(C)NC(=O)c2c(-c3ccccc3Cl)noc2C)cc1. The number of carbonyl (C=O) groups is 1. The number of hydrogen-bond donors (Lipinski definition) is 1. The Hall–Kier alpha value is -2.79. The van der Waals surface area contributed by atoms with Gasteiger partial charge in [-0.25, -0.2) is 0 Å². The number of nitrogens with zero attached hydrogens (tertiary/aromatic N) is 1. The van der Waals surface area contributed by atoms with E-state index in [1.54, 1.807) is 13.0 Å². The lowest BCUT2D eigenvalue weighted by molar-refractivity contribution is 0.0939. The number of aryl methyl sites for hydroxylation is 1. The van der Waals surface area contributed by atoms with E-state index in [0.717, 1.165) is 11.3 Å². The van der Waals surface area contributed by atoms with E-state index >= 15 is 0 Å². The first-order chi connectivity index (χ1) is 13.0. The summed E-state index contributed by atoms with van der Waals surface area (Å²) in [5, 5.41) is 7.55. The smallest absolute Gasteiger partial charge is 0.257 e. The zero-order valence-corrected chi connectivity index (χ0v) is 16.2. The molecular weight excluding hydrogens is 364 g/mol. The molecule has 0 aliphatic rings. The average molecular weight is 385 g/mol. The minimum atomic E-state index is -0.259. The van der Waals surface area contributed by atoms with Gasteiger partial charge in [-0.1, -0.05) is 47.1 Å². The van der Waals surface area contributed by atoms with Crippen LogP contribution in [0.25, 0.3) is 11.3 Å². The van der Waals surface area contributed by atoms with Crippen LogP contribution in [0.3, 0.4) is 0 Å². The molecule has 0 saturated carbocycles. The monoisotopic (exact) mass is 384 g/mol. The molecule has 0 saturated heterocycles. The van der Waals surface area contributed by atoms with Gasteiger partial charge in [-0.15, -0.1) is 0 Å². The maximum absolute atomic E-state index is 12.9. The summed E-state index contributed by atoms with van der Waals surface area (Å²) in [7, 11) is 0. The first-order valence-electron chi connectivity index (χ1n) is 8.76. The van der Waals surface area contributed by atoms with Crippen LogP contribution in [-0.4, -0.2) is 17.7 Å². The van der Waals surface area contributed by atoms with Crippen molar-refractivity contribution in [1.29, 1.82) is 0 Å². The Bertz CT molecular complexity index is 935. The summed E-state index contributed by atoms with van der Waals surface area (Å²) in [5.41, 5.74) is 2.46. The maximum Gasteiger partial charge on any atom is 0.257 e. The summed E-state index contributed by atoms with van der Waals surface area (Å²) in [4.78, 5) is 12.9. The van der Waals surface area contributed by atoms with Crippen LogP contribution in [0.5, 0.6) is 5.75 Å². The molecule has 0 fully saturated rings. The van der Waals surface area contributed by atoms with Crippen molar-refractivity contribution < 1.29 is 14.1 Å². The van der Waals surface area contributed by atoms with Crippen LogP contribution in [0.2, 0.25) is 5.02 Å². The van der Waals surface area contributed by atoms with Crippen LogP contribution >= 0.6 is 11.6 Å². The third-order valence-corrected chi connectivity index (χ3v) is 4.59. The lowest BCUT2D eigenvalue weighted by atomic mass is 10.0. The van der Waals surface area contributed by atoms with Gasteiger partial charge in [0.25, 0.3) is 5.91 Å². The topological polar surface area (TPSA) is 64.4 Å². The summed E-state index contributed by atoms with van der Waals surface area (Å²) < 4.78 is 10.7. The van der Waals surface area contributed by atoms with Gasteiger partial charge in [0.15, 0.2) is 0 Å². The fourth-order valence-electron chi connectivity index (χ4n) is 2.85. The Labute approximate surface area is 163 Å². The number of carbonyl (C=O) groups excluding carboxylic acids is 1. The second-order valence-corrected chi connectivity index (χ2v) is 6.55. The minimum absolute atomic E-state index is 0.193. The molecule has 1 N–H and O–H groups in total. The van der Waals surface area contributed by atoms with Crippen LogP contribution in [0.4, 0.5) is 0 Å². The van der Waals surface area contributed by atoms with Gasteiger partial charge in [0.05, 0.1) is 17.7 Å². The molecular formula is C21H21ClN2O3. The highest BCUT2D eigenvalue weighted by atomic mass is 35.5. The Kier molecular flexibility index (Phi) is 5.81. The number of rotatable bonds is 6. The zero-order chi connectivity index (χ0) is 19.4. The molecule has 1 unspecified atom stereocenters. The molecule has 5 nitrogen and oxygen atoms in total. The molecule has 0 bridgehead atoms. The van der Waals surface area contributed by atoms with Gasteiger partial charge in [-0.2, -0.15) is 0 Å². The molecule has 0 aliphatic heterocycles. The number of amides is 1. The van der Waals surface area contributed by atoms with Crippen molar-refractivity contribution in [3.05, 3.63) is 70.4 Å². The molecule has 2 aromatic carbocycles. The van der Waals surface area contributed by atoms with Crippen molar-refractivity contribution in [3.63, 3.8) is 0 Å². The Morgan fingerprint density at radius 3 is 2.59 bits per heavy atom. The molecule has 1 amide bonds. The van der Waals surface area contributed by atoms with Gasteiger partial charge >= 0.3 is 0 Å². The van der Waals surface area contributed by atoms with Gasteiger partial charge in [-0.3, -0.25) is 4.79 Å². The van der Waals surface area contributed by atoms with Crippen molar-refractivity contribution in [1.82, 2.24) is 10.5 Å². The third-order valence-electron chi connectivity index (χ3n) is 4.26. The fourth-order valence-corrected chi connectivity index (χ4v) is 3.07. The number of ether oxygens (including phenoxy) is 1. The number of nitrogens with one attached hydrogen (secondary N) is 1. The van der Waals surface area contributed by atoms with Crippen molar-refractivity contribution >= 4 is 17.5 Å². The van der Waals surface area contributed by atoms with Crippen molar-refractivity contribution in [2.45, 2.75) is 26.8 Å². The molecule has 0 radical (unpaired) electrons. The van der Waals surface area contributed by atoms with Crippen molar-refractivity contribution in [3.8, 4) is 17.0 Å². The van der Waals surface area contributed by atoms with Gasteiger partial charge in [0, 0.05) is 5.56 Å². The highest BCUT2D eigenvalue weighted by Gasteiger charge is 2.24. The van der Waals surface area contributed by atoms with E-state index in [4.69, 9.17) is 20.9 Å².